The van der Waals surface area contributed by atoms with Crippen molar-refractivity contribution in [3.05, 3.63) is 22.8 Å². The van der Waals surface area contributed by atoms with E-state index < -0.39 is 5.54 Å². The lowest BCUT2D eigenvalue weighted by Crippen LogP contribution is -2.09. The van der Waals surface area contributed by atoms with E-state index in [-0.39, 0.29) is 0 Å². The van der Waals surface area contributed by atoms with Gasteiger partial charge in [-0.05, 0) is 38.3 Å². The van der Waals surface area contributed by atoms with E-state index in [9.17, 15) is 4.79 Å². The van der Waals surface area contributed by atoms with Crippen LogP contribution >= 0.6 is 0 Å². The normalized spacial score (nSPS) is 15.8. The largest absolute Gasteiger partial charge is 0.496 e. The Bertz CT molecular complexity index is 526. The van der Waals surface area contributed by atoms with Crippen LogP contribution in [0.1, 0.15) is 29.5 Å². The highest BCUT2D eigenvalue weighted by Gasteiger charge is 2.48. The number of aliphatic imine (C=N–C) groups is 1. The molecule has 1 saturated carbocycles. The van der Waals surface area contributed by atoms with E-state index in [0.717, 1.165) is 41.0 Å². The maximum atomic E-state index is 10.6. The quantitative estimate of drug-likeness (QED) is 0.607. The monoisotopic (exact) mass is 247 g/mol. The van der Waals surface area contributed by atoms with Gasteiger partial charge in [0.1, 0.15) is 17.0 Å². The molecule has 0 aromatic heterocycles. The van der Waals surface area contributed by atoms with Crippen LogP contribution in [0.25, 0.3) is 0 Å². The fourth-order valence-corrected chi connectivity index (χ4v) is 2.52. The van der Waals surface area contributed by atoms with Crippen molar-refractivity contribution in [1.29, 1.82) is 0 Å². The minimum atomic E-state index is -0.422. The minimum absolute atomic E-state index is 0.422. The van der Waals surface area contributed by atoms with E-state index >= 15 is 0 Å². The zero-order valence-electron chi connectivity index (χ0n) is 11.2. The Balaban J connectivity index is 2.67. The van der Waals surface area contributed by atoms with E-state index in [4.69, 9.17) is 9.47 Å². The van der Waals surface area contributed by atoms with Crippen LogP contribution in [0.4, 0.5) is 0 Å². The van der Waals surface area contributed by atoms with Gasteiger partial charge in [-0.2, -0.15) is 4.99 Å². The summed E-state index contributed by atoms with van der Waals surface area (Å²) in [5, 5.41) is 0. The van der Waals surface area contributed by atoms with Crippen LogP contribution in [0.2, 0.25) is 0 Å². The Morgan fingerprint density at radius 2 is 1.94 bits per heavy atom. The zero-order valence-corrected chi connectivity index (χ0v) is 11.2. The molecule has 0 aliphatic heterocycles. The molecule has 0 heterocycles. The maximum absolute atomic E-state index is 10.6. The second-order valence-corrected chi connectivity index (χ2v) is 4.66. The van der Waals surface area contributed by atoms with Gasteiger partial charge in [-0.25, -0.2) is 4.79 Å². The van der Waals surface area contributed by atoms with E-state index in [2.05, 4.69) is 4.99 Å². The number of hydrogen-bond donors (Lipinski definition) is 0. The van der Waals surface area contributed by atoms with Crippen LogP contribution < -0.4 is 9.47 Å². The molecule has 0 bridgehead atoms. The van der Waals surface area contributed by atoms with Gasteiger partial charge in [0.25, 0.3) is 0 Å². The second-order valence-electron chi connectivity index (χ2n) is 4.66. The molecule has 0 atom stereocenters. The number of nitrogens with zero attached hydrogens (tertiary/aromatic N) is 1. The van der Waals surface area contributed by atoms with Crippen molar-refractivity contribution in [1.82, 2.24) is 0 Å². The molecular weight excluding hydrogens is 230 g/mol. The van der Waals surface area contributed by atoms with Gasteiger partial charge in [0.05, 0.1) is 14.2 Å². The Morgan fingerprint density at radius 3 is 2.39 bits per heavy atom. The van der Waals surface area contributed by atoms with Crippen molar-refractivity contribution in [3.8, 4) is 11.5 Å². The predicted molar refractivity (Wildman–Crippen MR) is 68.1 cm³/mol. The molecule has 1 aromatic rings. The molecule has 2 rings (SSSR count). The van der Waals surface area contributed by atoms with Crippen LogP contribution in [0.5, 0.6) is 11.5 Å². The molecule has 0 spiro atoms. The van der Waals surface area contributed by atoms with Gasteiger partial charge in [-0.15, -0.1) is 0 Å². The first-order chi connectivity index (χ1) is 8.59. The Hall–Kier alpha value is -1.80. The average molecular weight is 247 g/mol. The smallest absolute Gasteiger partial charge is 0.235 e. The lowest BCUT2D eigenvalue weighted by atomic mass is 9.95. The molecule has 0 amide bonds. The third-order valence-corrected chi connectivity index (χ3v) is 3.55. The Morgan fingerprint density at radius 1 is 1.28 bits per heavy atom. The number of isocyanates is 1. The summed E-state index contributed by atoms with van der Waals surface area (Å²) in [6.45, 7) is 3.93. The SMILES string of the molecule is COc1cc(C)c(C2(N=C=O)CC2)c(OC)c1C. The van der Waals surface area contributed by atoms with Crippen LogP contribution in [-0.2, 0) is 10.3 Å². The third-order valence-electron chi connectivity index (χ3n) is 3.55. The summed E-state index contributed by atoms with van der Waals surface area (Å²) in [5.41, 5.74) is 2.54. The number of ether oxygens (including phenoxy) is 2. The third kappa shape index (κ3) is 1.79. The van der Waals surface area contributed by atoms with Crippen molar-refractivity contribution in [2.75, 3.05) is 14.2 Å². The molecule has 1 aliphatic carbocycles. The summed E-state index contributed by atoms with van der Waals surface area (Å²) in [6.07, 6.45) is 3.42. The maximum Gasteiger partial charge on any atom is 0.235 e. The molecule has 1 aliphatic rings. The molecule has 0 unspecified atom stereocenters. The van der Waals surface area contributed by atoms with Gasteiger partial charge in [0.2, 0.25) is 6.08 Å². The van der Waals surface area contributed by atoms with Crippen molar-refractivity contribution >= 4 is 6.08 Å². The first-order valence-electron chi connectivity index (χ1n) is 5.91. The number of aryl methyl sites for hydroxylation is 1. The fraction of sp³-hybridized carbons (Fsp3) is 0.500. The standard InChI is InChI=1S/C14H17NO3/c1-9-7-11(17-3)10(2)13(18-4)12(9)14(5-6-14)15-8-16/h7H,5-6H2,1-4H3. The summed E-state index contributed by atoms with van der Waals surface area (Å²) in [6, 6.07) is 1.97. The highest BCUT2D eigenvalue weighted by atomic mass is 16.5. The molecule has 1 fully saturated rings. The number of methoxy groups -OCH3 is 2. The summed E-state index contributed by atoms with van der Waals surface area (Å²) in [4.78, 5) is 14.6. The highest BCUT2D eigenvalue weighted by molar-refractivity contribution is 5.58. The van der Waals surface area contributed by atoms with Crippen molar-refractivity contribution in [2.45, 2.75) is 32.2 Å². The summed E-state index contributed by atoms with van der Waals surface area (Å²) >= 11 is 0. The van der Waals surface area contributed by atoms with E-state index in [1.165, 1.54) is 0 Å². The molecule has 1 aromatic carbocycles. The van der Waals surface area contributed by atoms with E-state index in [1.807, 2.05) is 19.9 Å². The van der Waals surface area contributed by atoms with Gasteiger partial charge >= 0.3 is 0 Å². The summed E-state index contributed by atoms with van der Waals surface area (Å²) in [5.74, 6) is 1.56. The van der Waals surface area contributed by atoms with Gasteiger partial charge in [0.15, 0.2) is 0 Å². The molecular formula is C14H17NO3. The Labute approximate surface area is 107 Å². The van der Waals surface area contributed by atoms with Crippen molar-refractivity contribution in [3.63, 3.8) is 0 Å². The molecule has 0 N–H and O–H groups in total. The minimum Gasteiger partial charge on any atom is -0.496 e. The first kappa shape index (κ1) is 12.7. The van der Waals surface area contributed by atoms with Crippen LogP contribution in [0.15, 0.2) is 11.1 Å². The van der Waals surface area contributed by atoms with Gasteiger partial charge < -0.3 is 9.47 Å². The van der Waals surface area contributed by atoms with Crippen LogP contribution in [0, 0.1) is 13.8 Å². The van der Waals surface area contributed by atoms with Crippen LogP contribution in [-0.4, -0.2) is 20.3 Å². The lowest BCUT2D eigenvalue weighted by Gasteiger charge is -2.20. The van der Waals surface area contributed by atoms with E-state index in [1.54, 1.807) is 20.3 Å². The number of rotatable bonds is 4. The Kier molecular flexibility index (Phi) is 3.14. The average Bonchev–Trinajstić information content (AvgIpc) is 3.12. The fourth-order valence-electron chi connectivity index (χ4n) is 2.52. The predicted octanol–water partition coefficient (Wildman–Crippen LogP) is 2.65. The molecule has 96 valence electrons. The van der Waals surface area contributed by atoms with Gasteiger partial charge in [-0.3, -0.25) is 0 Å². The number of benzene rings is 1. The van der Waals surface area contributed by atoms with Crippen molar-refractivity contribution in [2.24, 2.45) is 4.99 Å². The molecule has 4 heteroatoms. The molecule has 0 radical (unpaired) electrons. The topological polar surface area (TPSA) is 47.9 Å². The summed E-state index contributed by atoms with van der Waals surface area (Å²) in [7, 11) is 3.27. The van der Waals surface area contributed by atoms with Gasteiger partial charge in [-0.1, -0.05) is 0 Å². The number of carbonyl (C=O) groups excluding carboxylic acids is 1. The van der Waals surface area contributed by atoms with Gasteiger partial charge in [0, 0.05) is 11.1 Å². The van der Waals surface area contributed by atoms with Crippen molar-refractivity contribution < 1.29 is 14.3 Å². The molecule has 18 heavy (non-hydrogen) atoms. The molecule has 4 nitrogen and oxygen atoms in total. The van der Waals surface area contributed by atoms with E-state index in [0.29, 0.717) is 0 Å². The second kappa shape index (κ2) is 4.46. The van der Waals surface area contributed by atoms with Crippen LogP contribution in [0.3, 0.4) is 0 Å². The zero-order chi connectivity index (χ0) is 13.3. The highest BCUT2D eigenvalue weighted by Crippen LogP contribution is 2.55. The lowest BCUT2D eigenvalue weighted by molar-refractivity contribution is 0.381. The number of hydrogen-bond acceptors (Lipinski definition) is 4. The summed E-state index contributed by atoms with van der Waals surface area (Å²) < 4.78 is 10.8. The first-order valence-corrected chi connectivity index (χ1v) is 5.91. The molecule has 0 saturated heterocycles.